The van der Waals surface area contributed by atoms with E-state index in [-0.39, 0.29) is 6.61 Å². The van der Waals surface area contributed by atoms with Crippen LogP contribution < -0.4 is 16.0 Å². The molecule has 1 saturated heterocycles. The maximum atomic E-state index is 11.3. The van der Waals surface area contributed by atoms with Crippen LogP contribution in [0.1, 0.15) is 24.8 Å². The number of piperidine rings is 1. The monoisotopic (exact) mass is 320 g/mol. The molecule has 1 aliphatic rings. The van der Waals surface area contributed by atoms with Gasteiger partial charge >= 0.3 is 6.09 Å². The van der Waals surface area contributed by atoms with E-state index in [1.54, 1.807) is 0 Å². The van der Waals surface area contributed by atoms with Gasteiger partial charge in [0.1, 0.15) is 5.82 Å². The van der Waals surface area contributed by atoms with E-state index in [0.29, 0.717) is 12.5 Å². The molecule has 0 spiro atoms. The third-order valence-corrected chi connectivity index (χ3v) is 4.00. The fourth-order valence-electron chi connectivity index (χ4n) is 2.66. The number of nitrogens with zero attached hydrogens (tertiary/aromatic N) is 2. The van der Waals surface area contributed by atoms with Crippen LogP contribution in [0, 0.1) is 12.8 Å². The topological polar surface area (TPSA) is 97.5 Å². The second kappa shape index (κ2) is 8.36. The van der Waals surface area contributed by atoms with Crippen molar-refractivity contribution in [3.8, 4) is 0 Å². The molecule has 0 aliphatic carbocycles. The molecule has 0 radical (unpaired) electrons. The van der Waals surface area contributed by atoms with Crippen molar-refractivity contribution in [1.82, 2.24) is 10.3 Å². The number of carbonyl (C=O) groups is 2. The van der Waals surface area contributed by atoms with Crippen molar-refractivity contribution >= 4 is 17.8 Å². The molecule has 7 heteroatoms. The molecule has 126 valence electrons. The number of amides is 2. The predicted octanol–water partition coefficient (Wildman–Crippen LogP) is 1.21. The number of aromatic nitrogens is 1. The Balaban J connectivity index is 1.64. The molecule has 1 aliphatic heterocycles. The Labute approximate surface area is 136 Å². The highest BCUT2D eigenvalue weighted by Gasteiger charge is 2.20. The van der Waals surface area contributed by atoms with Crippen molar-refractivity contribution in [1.29, 1.82) is 0 Å². The molecular formula is C16H24N4O3. The lowest BCUT2D eigenvalue weighted by Gasteiger charge is -2.32. The summed E-state index contributed by atoms with van der Waals surface area (Å²) >= 11 is 0. The number of aryl methyl sites for hydroxylation is 1. The maximum absolute atomic E-state index is 11.3. The fourth-order valence-corrected chi connectivity index (χ4v) is 2.66. The number of ether oxygens (including phenoxy) is 1. The van der Waals surface area contributed by atoms with Crippen LogP contribution in [-0.4, -0.2) is 43.2 Å². The Bertz CT molecular complexity index is 525. The zero-order valence-electron chi connectivity index (χ0n) is 13.5. The van der Waals surface area contributed by atoms with Gasteiger partial charge in [-0.25, -0.2) is 9.78 Å². The summed E-state index contributed by atoms with van der Waals surface area (Å²) in [5.41, 5.74) is 6.07. The minimum Gasteiger partial charge on any atom is -0.439 e. The van der Waals surface area contributed by atoms with Crippen LogP contribution in [0.4, 0.5) is 10.6 Å². The Kier molecular flexibility index (Phi) is 6.19. The van der Waals surface area contributed by atoms with Gasteiger partial charge in [-0.05, 0) is 43.7 Å². The summed E-state index contributed by atoms with van der Waals surface area (Å²) in [5.74, 6) is 0.951. The van der Waals surface area contributed by atoms with Crippen LogP contribution in [0.15, 0.2) is 18.3 Å². The molecule has 0 unspecified atom stereocenters. The molecule has 0 aromatic carbocycles. The van der Waals surface area contributed by atoms with Crippen molar-refractivity contribution in [3.05, 3.63) is 23.9 Å². The van der Waals surface area contributed by atoms with Gasteiger partial charge in [0.25, 0.3) is 5.91 Å². The number of nitrogens with two attached hydrogens (primary N) is 1. The molecule has 3 N–H and O–H groups in total. The third kappa shape index (κ3) is 5.77. The Morgan fingerprint density at radius 2 is 2.13 bits per heavy atom. The number of primary amides is 1. The van der Waals surface area contributed by atoms with E-state index in [1.807, 2.05) is 13.1 Å². The minimum absolute atomic E-state index is 0.381. The SMILES string of the molecule is Cc1ccc(N2CCC(CCNC(=O)OCC(N)=O)CC2)nc1. The van der Waals surface area contributed by atoms with Gasteiger partial charge in [0.2, 0.25) is 0 Å². The first-order valence-electron chi connectivity index (χ1n) is 7.91. The van der Waals surface area contributed by atoms with E-state index >= 15 is 0 Å². The molecule has 23 heavy (non-hydrogen) atoms. The Morgan fingerprint density at radius 1 is 1.39 bits per heavy atom. The number of alkyl carbamates (subject to hydrolysis) is 1. The van der Waals surface area contributed by atoms with Crippen LogP contribution in [0.5, 0.6) is 0 Å². The highest BCUT2D eigenvalue weighted by Crippen LogP contribution is 2.23. The summed E-state index contributed by atoms with van der Waals surface area (Å²) in [4.78, 5) is 28.6. The normalized spacial score (nSPS) is 15.3. The van der Waals surface area contributed by atoms with Gasteiger partial charge in [-0.15, -0.1) is 0 Å². The zero-order chi connectivity index (χ0) is 16.7. The first-order chi connectivity index (χ1) is 11.0. The summed E-state index contributed by atoms with van der Waals surface area (Å²) < 4.78 is 4.64. The first-order valence-corrected chi connectivity index (χ1v) is 7.91. The van der Waals surface area contributed by atoms with Gasteiger partial charge < -0.3 is 20.7 Å². The molecule has 1 aromatic heterocycles. The average Bonchev–Trinajstić information content (AvgIpc) is 2.54. The standard InChI is InChI=1S/C16H24N4O3/c1-12-2-3-15(19-10-12)20-8-5-13(6-9-20)4-7-18-16(22)23-11-14(17)21/h2-3,10,13H,4-9,11H2,1H3,(H2,17,21)(H,18,22). The zero-order valence-corrected chi connectivity index (χ0v) is 13.5. The third-order valence-electron chi connectivity index (χ3n) is 4.00. The fraction of sp³-hybridized carbons (Fsp3) is 0.562. The van der Waals surface area contributed by atoms with E-state index in [2.05, 4.69) is 32.1 Å². The van der Waals surface area contributed by atoms with Gasteiger partial charge in [0.05, 0.1) is 0 Å². The molecular weight excluding hydrogens is 296 g/mol. The molecule has 7 nitrogen and oxygen atoms in total. The lowest BCUT2D eigenvalue weighted by Crippen LogP contribution is -2.36. The smallest absolute Gasteiger partial charge is 0.407 e. The van der Waals surface area contributed by atoms with Crippen LogP contribution in [0.2, 0.25) is 0 Å². The largest absolute Gasteiger partial charge is 0.439 e. The number of nitrogens with one attached hydrogen (secondary N) is 1. The lowest BCUT2D eigenvalue weighted by atomic mass is 9.93. The van der Waals surface area contributed by atoms with Crippen LogP contribution in [0.25, 0.3) is 0 Å². The van der Waals surface area contributed by atoms with Crippen molar-refractivity contribution in [2.45, 2.75) is 26.2 Å². The van der Waals surface area contributed by atoms with Gasteiger partial charge in [-0.1, -0.05) is 6.07 Å². The first kappa shape index (κ1) is 17.1. The minimum atomic E-state index is -0.655. The van der Waals surface area contributed by atoms with Crippen molar-refractivity contribution in [2.24, 2.45) is 11.7 Å². The predicted molar refractivity (Wildman–Crippen MR) is 87.1 cm³/mol. The number of hydrogen-bond donors (Lipinski definition) is 2. The van der Waals surface area contributed by atoms with E-state index in [4.69, 9.17) is 5.73 Å². The summed E-state index contributed by atoms with van der Waals surface area (Å²) in [6, 6.07) is 4.14. The van der Waals surface area contributed by atoms with E-state index < -0.39 is 12.0 Å². The van der Waals surface area contributed by atoms with E-state index in [9.17, 15) is 9.59 Å². The number of hydrogen-bond acceptors (Lipinski definition) is 5. The average molecular weight is 320 g/mol. The Morgan fingerprint density at radius 3 is 2.74 bits per heavy atom. The Hall–Kier alpha value is -2.31. The quantitative estimate of drug-likeness (QED) is 0.821. The second-order valence-corrected chi connectivity index (χ2v) is 5.88. The van der Waals surface area contributed by atoms with Crippen molar-refractivity contribution in [2.75, 3.05) is 31.1 Å². The number of anilines is 1. The molecule has 1 aromatic rings. The molecule has 0 atom stereocenters. The summed E-state index contributed by atoms with van der Waals surface area (Å²) in [5, 5.41) is 2.64. The van der Waals surface area contributed by atoms with E-state index in [1.165, 1.54) is 0 Å². The van der Waals surface area contributed by atoms with Crippen molar-refractivity contribution < 1.29 is 14.3 Å². The lowest BCUT2D eigenvalue weighted by molar-refractivity contribution is -0.120. The van der Waals surface area contributed by atoms with Crippen LogP contribution in [-0.2, 0) is 9.53 Å². The van der Waals surface area contributed by atoms with E-state index in [0.717, 1.165) is 43.7 Å². The number of rotatable bonds is 6. The van der Waals surface area contributed by atoms with Gasteiger partial charge in [-0.3, -0.25) is 4.79 Å². The molecule has 0 bridgehead atoms. The van der Waals surface area contributed by atoms with Crippen LogP contribution in [0.3, 0.4) is 0 Å². The summed E-state index contributed by atoms with van der Waals surface area (Å²) in [6.07, 6.45) is 4.36. The van der Waals surface area contributed by atoms with Crippen LogP contribution >= 0.6 is 0 Å². The summed E-state index contributed by atoms with van der Waals surface area (Å²) in [6.45, 7) is 4.16. The van der Waals surface area contributed by atoms with Gasteiger partial charge in [0.15, 0.2) is 6.61 Å². The maximum Gasteiger partial charge on any atom is 0.407 e. The molecule has 1 fully saturated rings. The second-order valence-electron chi connectivity index (χ2n) is 5.88. The summed E-state index contributed by atoms with van der Waals surface area (Å²) in [7, 11) is 0. The molecule has 2 heterocycles. The number of carbonyl (C=O) groups excluding carboxylic acids is 2. The van der Waals surface area contributed by atoms with Gasteiger partial charge in [-0.2, -0.15) is 0 Å². The number of pyridine rings is 1. The molecule has 2 rings (SSSR count). The van der Waals surface area contributed by atoms with Gasteiger partial charge in [0, 0.05) is 25.8 Å². The highest BCUT2D eigenvalue weighted by atomic mass is 16.6. The van der Waals surface area contributed by atoms with Crippen molar-refractivity contribution in [3.63, 3.8) is 0 Å². The molecule has 2 amide bonds. The highest BCUT2D eigenvalue weighted by molar-refractivity contribution is 5.78. The molecule has 0 saturated carbocycles.